The minimum atomic E-state index is -0.943. The maximum atomic E-state index is 13.2. The van der Waals surface area contributed by atoms with E-state index in [-0.39, 0.29) is 11.6 Å². The first-order chi connectivity index (χ1) is 9.81. The summed E-state index contributed by atoms with van der Waals surface area (Å²) in [4.78, 5) is 21.8. The number of carbonyl (C=O) groups excluding carboxylic acids is 1. The summed E-state index contributed by atoms with van der Waals surface area (Å²) in [6.45, 7) is 6.16. The molecule has 1 rings (SSSR count). The number of nitrogens with one attached hydrogen (secondary N) is 1. The molecule has 0 aromatic heterocycles. The fraction of sp³-hybridized carbons (Fsp3) is 0.533. The van der Waals surface area contributed by atoms with E-state index in [1.807, 2.05) is 6.92 Å². The van der Waals surface area contributed by atoms with Crippen LogP contribution in [0.5, 0.6) is 0 Å². The van der Waals surface area contributed by atoms with Crippen LogP contribution in [-0.4, -0.2) is 16.9 Å². The van der Waals surface area contributed by atoms with Crippen molar-refractivity contribution >= 4 is 11.6 Å². The van der Waals surface area contributed by atoms with E-state index in [4.69, 9.17) is 0 Å². The summed E-state index contributed by atoms with van der Waals surface area (Å²) in [5.41, 5.74) is -0.589. The van der Waals surface area contributed by atoms with Gasteiger partial charge in [-0.25, -0.2) is 0 Å². The molecule has 1 unspecified atom stereocenters. The van der Waals surface area contributed by atoms with E-state index in [1.54, 1.807) is 0 Å². The molecule has 0 saturated heterocycles. The van der Waals surface area contributed by atoms with E-state index in [0.29, 0.717) is 5.92 Å². The maximum Gasteiger partial charge on any atom is 0.305 e. The first kappa shape index (κ1) is 17.1. The number of halogens is 1. The van der Waals surface area contributed by atoms with Crippen molar-refractivity contribution in [3.8, 4) is 0 Å². The Labute approximate surface area is 123 Å². The smallest absolute Gasteiger partial charge is 0.305 e. The molecule has 116 valence electrons. The van der Waals surface area contributed by atoms with Gasteiger partial charge in [-0.15, -0.1) is 0 Å². The average Bonchev–Trinajstić information content (AvgIpc) is 2.38. The number of hydrogen-bond acceptors (Lipinski definition) is 3. The van der Waals surface area contributed by atoms with Gasteiger partial charge in [-0.2, -0.15) is 4.39 Å². The van der Waals surface area contributed by atoms with Crippen molar-refractivity contribution in [2.75, 3.05) is 0 Å². The van der Waals surface area contributed by atoms with Crippen LogP contribution >= 0.6 is 0 Å². The van der Waals surface area contributed by atoms with E-state index >= 15 is 0 Å². The summed E-state index contributed by atoms with van der Waals surface area (Å²) >= 11 is 0. The monoisotopic (exact) mass is 296 g/mol. The third-order valence-electron chi connectivity index (χ3n) is 3.20. The zero-order valence-electron chi connectivity index (χ0n) is 12.6. The highest BCUT2D eigenvalue weighted by molar-refractivity contribution is 5.95. The third-order valence-corrected chi connectivity index (χ3v) is 3.20. The van der Waals surface area contributed by atoms with Gasteiger partial charge in [0.15, 0.2) is 0 Å². The number of carbonyl (C=O) groups is 1. The second-order valence-electron chi connectivity index (χ2n) is 5.62. The van der Waals surface area contributed by atoms with Crippen LogP contribution in [0.1, 0.15) is 50.4 Å². The fourth-order valence-corrected chi connectivity index (χ4v) is 2.01. The van der Waals surface area contributed by atoms with Crippen molar-refractivity contribution in [3.63, 3.8) is 0 Å². The summed E-state index contributed by atoms with van der Waals surface area (Å²) in [7, 11) is 0. The highest BCUT2D eigenvalue weighted by Crippen LogP contribution is 2.18. The van der Waals surface area contributed by atoms with Crippen molar-refractivity contribution in [2.45, 2.75) is 46.1 Å². The molecule has 1 atom stereocenters. The van der Waals surface area contributed by atoms with E-state index in [2.05, 4.69) is 19.2 Å². The number of rotatable bonds is 7. The van der Waals surface area contributed by atoms with Gasteiger partial charge in [-0.1, -0.05) is 26.7 Å². The van der Waals surface area contributed by atoms with Crippen LogP contribution in [0.3, 0.4) is 0 Å². The van der Waals surface area contributed by atoms with Gasteiger partial charge < -0.3 is 5.32 Å². The Morgan fingerprint density at radius 2 is 2.00 bits per heavy atom. The lowest BCUT2D eigenvalue weighted by Crippen LogP contribution is -2.32. The van der Waals surface area contributed by atoms with Crippen molar-refractivity contribution in [2.24, 2.45) is 5.92 Å². The van der Waals surface area contributed by atoms with Crippen LogP contribution in [0.2, 0.25) is 0 Å². The van der Waals surface area contributed by atoms with Crippen molar-refractivity contribution in [1.82, 2.24) is 5.32 Å². The molecule has 0 heterocycles. The van der Waals surface area contributed by atoms with Gasteiger partial charge in [0.2, 0.25) is 5.82 Å². The third kappa shape index (κ3) is 5.49. The molecular weight excluding hydrogens is 275 g/mol. The van der Waals surface area contributed by atoms with Crippen LogP contribution in [0.15, 0.2) is 18.2 Å². The predicted molar refractivity (Wildman–Crippen MR) is 78.7 cm³/mol. The Morgan fingerprint density at radius 1 is 1.33 bits per heavy atom. The number of benzene rings is 1. The van der Waals surface area contributed by atoms with Gasteiger partial charge in [-0.3, -0.25) is 14.9 Å². The standard InChI is InChI=1S/C15H21FN2O3/c1-10(2)5-4-6-11(3)17-15(19)12-7-8-13(16)14(9-12)18(20)21/h7-11H,4-6H2,1-3H3,(H,17,19). The lowest BCUT2D eigenvalue weighted by molar-refractivity contribution is -0.387. The Hall–Kier alpha value is -1.98. The van der Waals surface area contributed by atoms with Crippen LogP contribution in [-0.2, 0) is 0 Å². The summed E-state index contributed by atoms with van der Waals surface area (Å²) < 4.78 is 13.2. The number of nitro benzene ring substituents is 1. The average molecular weight is 296 g/mol. The van der Waals surface area contributed by atoms with Crippen LogP contribution < -0.4 is 5.32 Å². The fourth-order valence-electron chi connectivity index (χ4n) is 2.01. The summed E-state index contributed by atoms with van der Waals surface area (Å²) in [5, 5.41) is 13.4. The van der Waals surface area contributed by atoms with E-state index in [1.165, 1.54) is 6.07 Å². The molecule has 1 aromatic rings. The van der Waals surface area contributed by atoms with E-state index < -0.39 is 22.3 Å². The van der Waals surface area contributed by atoms with Gasteiger partial charge in [0.05, 0.1) is 4.92 Å². The van der Waals surface area contributed by atoms with Gasteiger partial charge in [0.25, 0.3) is 5.91 Å². The lowest BCUT2D eigenvalue weighted by Gasteiger charge is -2.14. The Balaban J connectivity index is 2.63. The topological polar surface area (TPSA) is 72.2 Å². The van der Waals surface area contributed by atoms with Gasteiger partial charge in [0, 0.05) is 17.7 Å². The van der Waals surface area contributed by atoms with E-state index in [9.17, 15) is 19.3 Å². The molecule has 0 radical (unpaired) electrons. The number of nitrogens with zero attached hydrogens (tertiary/aromatic N) is 1. The van der Waals surface area contributed by atoms with Crippen LogP contribution in [0, 0.1) is 21.8 Å². The molecule has 0 saturated carbocycles. The molecule has 0 aliphatic heterocycles. The Kier molecular flexibility index (Phi) is 6.27. The number of hydrogen-bond donors (Lipinski definition) is 1. The summed E-state index contributed by atoms with van der Waals surface area (Å²) in [6, 6.07) is 3.13. The zero-order valence-corrected chi connectivity index (χ0v) is 12.6. The zero-order chi connectivity index (χ0) is 16.0. The number of nitro groups is 1. The molecule has 1 amide bonds. The van der Waals surface area contributed by atoms with Crippen molar-refractivity contribution in [1.29, 1.82) is 0 Å². The molecule has 0 bridgehead atoms. The molecular formula is C15H21FN2O3. The Bertz CT molecular complexity index is 518. The quantitative estimate of drug-likeness (QED) is 0.616. The molecule has 5 nitrogen and oxygen atoms in total. The second kappa shape index (κ2) is 7.71. The molecule has 21 heavy (non-hydrogen) atoms. The highest BCUT2D eigenvalue weighted by Gasteiger charge is 2.18. The van der Waals surface area contributed by atoms with E-state index in [0.717, 1.165) is 31.4 Å². The predicted octanol–water partition coefficient (Wildman–Crippen LogP) is 3.68. The van der Waals surface area contributed by atoms with Gasteiger partial charge in [-0.05, 0) is 31.4 Å². The molecule has 0 fully saturated rings. The molecule has 1 aromatic carbocycles. The van der Waals surface area contributed by atoms with Gasteiger partial charge >= 0.3 is 5.69 Å². The summed E-state index contributed by atoms with van der Waals surface area (Å²) in [5.74, 6) is -0.746. The minimum Gasteiger partial charge on any atom is -0.350 e. The molecule has 6 heteroatoms. The Morgan fingerprint density at radius 3 is 2.57 bits per heavy atom. The van der Waals surface area contributed by atoms with Crippen LogP contribution in [0.4, 0.5) is 10.1 Å². The lowest BCUT2D eigenvalue weighted by atomic mass is 10.0. The normalized spacial score (nSPS) is 12.2. The van der Waals surface area contributed by atoms with Crippen molar-refractivity contribution in [3.05, 3.63) is 39.7 Å². The second-order valence-corrected chi connectivity index (χ2v) is 5.62. The highest BCUT2D eigenvalue weighted by atomic mass is 19.1. The molecule has 1 N–H and O–H groups in total. The first-order valence-electron chi connectivity index (χ1n) is 7.06. The van der Waals surface area contributed by atoms with Crippen LogP contribution in [0.25, 0.3) is 0 Å². The molecule has 0 aliphatic rings. The largest absolute Gasteiger partial charge is 0.350 e. The van der Waals surface area contributed by atoms with Crippen molar-refractivity contribution < 1.29 is 14.1 Å². The summed E-state index contributed by atoms with van der Waals surface area (Å²) in [6.07, 6.45) is 2.93. The maximum absolute atomic E-state index is 13.2. The minimum absolute atomic E-state index is 0.0274. The number of amides is 1. The SMILES string of the molecule is CC(C)CCCC(C)NC(=O)c1ccc(F)c([N+](=O)[O-])c1. The molecule has 0 aliphatic carbocycles. The first-order valence-corrected chi connectivity index (χ1v) is 7.06. The van der Waals surface area contributed by atoms with Gasteiger partial charge in [0.1, 0.15) is 0 Å². The molecule has 0 spiro atoms.